The van der Waals surface area contributed by atoms with E-state index in [0.717, 1.165) is 21.7 Å². The van der Waals surface area contributed by atoms with Crippen LogP contribution in [0.3, 0.4) is 0 Å². The number of furan rings is 1. The van der Waals surface area contributed by atoms with Crippen LogP contribution in [0.2, 0.25) is 0 Å². The van der Waals surface area contributed by atoms with Gasteiger partial charge >= 0.3 is 5.97 Å². The van der Waals surface area contributed by atoms with Gasteiger partial charge in [-0.2, -0.15) is 4.31 Å². The lowest BCUT2D eigenvalue weighted by atomic mass is 10.4. The van der Waals surface area contributed by atoms with Crippen molar-refractivity contribution in [1.82, 2.24) is 4.31 Å². The molecule has 1 N–H and O–H groups in total. The molecule has 0 spiro atoms. The van der Waals surface area contributed by atoms with Crippen LogP contribution in [-0.4, -0.2) is 30.8 Å². The second-order valence-electron chi connectivity index (χ2n) is 3.80. The van der Waals surface area contributed by atoms with Gasteiger partial charge in [-0.15, -0.1) is 11.3 Å². The molecule has 2 aromatic rings. The average Bonchev–Trinajstić information content (AvgIpc) is 2.99. The molecule has 0 saturated carbocycles. The Kier molecular flexibility index (Phi) is 3.74. The standard InChI is InChI=1S/C11H11NO5S2/c1-12(6-9-3-2-4-17-9)19(15,16)10-5-8(7-18-10)11(13)14/h2-5,7H,6H2,1H3,(H,13,14). The van der Waals surface area contributed by atoms with Crippen molar-refractivity contribution in [2.75, 3.05) is 7.05 Å². The van der Waals surface area contributed by atoms with E-state index in [-0.39, 0.29) is 16.3 Å². The number of carboxylic acids is 1. The number of rotatable bonds is 5. The fraction of sp³-hybridized carbons (Fsp3) is 0.182. The second-order valence-corrected chi connectivity index (χ2v) is 6.98. The maximum atomic E-state index is 12.2. The van der Waals surface area contributed by atoms with Gasteiger partial charge in [-0.25, -0.2) is 13.2 Å². The summed E-state index contributed by atoms with van der Waals surface area (Å²) < 4.78 is 30.6. The maximum Gasteiger partial charge on any atom is 0.336 e. The topological polar surface area (TPSA) is 87.8 Å². The molecule has 2 aromatic heterocycles. The van der Waals surface area contributed by atoms with Crippen LogP contribution >= 0.6 is 11.3 Å². The van der Waals surface area contributed by atoms with Crippen molar-refractivity contribution >= 4 is 27.3 Å². The van der Waals surface area contributed by atoms with Gasteiger partial charge < -0.3 is 9.52 Å². The fourth-order valence-electron chi connectivity index (χ4n) is 1.42. The summed E-state index contributed by atoms with van der Waals surface area (Å²) in [6, 6.07) is 4.49. The Morgan fingerprint density at radius 2 is 2.26 bits per heavy atom. The minimum atomic E-state index is -3.70. The Morgan fingerprint density at radius 3 is 2.79 bits per heavy atom. The molecule has 0 aliphatic rings. The molecule has 0 saturated heterocycles. The highest BCUT2D eigenvalue weighted by molar-refractivity contribution is 7.91. The van der Waals surface area contributed by atoms with Crippen LogP contribution in [-0.2, 0) is 16.6 Å². The monoisotopic (exact) mass is 301 g/mol. The Labute approximate surface area is 113 Å². The maximum absolute atomic E-state index is 12.2. The summed E-state index contributed by atoms with van der Waals surface area (Å²) in [5.41, 5.74) is -0.0324. The molecule has 2 heterocycles. The largest absolute Gasteiger partial charge is 0.478 e. The summed E-state index contributed by atoms with van der Waals surface area (Å²) in [7, 11) is -2.28. The predicted molar refractivity (Wildman–Crippen MR) is 68.6 cm³/mol. The van der Waals surface area contributed by atoms with E-state index in [1.807, 2.05) is 0 Å². The van der Waals surface area contributed by atoms with Gasteiger partial charge in [-0.1, -0.05) is 0 Å². The number of aromatic carboxylic acids is 1. The first kappa shape index (κ1) is 13.8. The Morgan fingerprint density at radius 1 is 1.53 bits per heavy atom. The lowest BCUT2D eigenvalue weighted by Crippen LogP contribution is -2.25. The second kappa shape index (κ2) is 5.16. The van der Waals surface area contributed by atoms with Gasteiger partial charge in [0.15, 0.2) is 0 Å². The first-order valence-corrected chi connectivity index (χ1v) is 7.54. The van der Waals surface area contributed by atoms with Gasteiger partial charge in [0.25, 0.3) is 10.0 Å². The number of sulfonamides is 1. The van der Waals surface area contributed by atoms with Gasteiger partial charge in [0, 0.05) is 12.4 Å². The van der Waals surface area contributed by atoms with Gasteiger partial charge in [0.2, 0.25) is 0 Å². The number of hydrogen-bond donors (Lipinski definition) is 1. The van der Waals surface area contributed by atoms with Crippen LogP contribution < -0.4 is 0 Å². The highest BCUT2D eigenvalue weighted by atomic mass is 32.2. The number of carbonyl (C=O) groups is 1. The first-order valence-electron chi connectivity index (χ1n) is 5.22. The third-order valence-corrected chi connectivity index (χ3v) is 5.66. The van der Waals surface area contributed by atoms with E-state index in [2.05, 4.69) is 0 Å². The van der Waals surface area contributed by atoms with Crippen molar-refractivity contribution in [2.45, 2.75) is 10.8 Å². The first-order chi connectivity index (χ1) is 8.91. The van der Waals surface area contributed by atoms with E-state index in [1.165, 1.54) is 18.7 Å². The molecule has 2 rings (SSSR count). The molecule has 0 radical (unpaired) electrons. The lowest BCUT2D eigenvalue weighted by Gasteiger charge is -2.14. The summed E-state index contributed by atoms with van der Waals surface area (Å²) in [5.74, 6) is -0.632. The normalized spacial score (nSPS) is 11.9. The zero-order chi connectivity index (χ0) is 14.0. The van der Waals surface area contributed by atoms with Crippen molar-refractivity contribution in [3.8, 4) is 0 Å². The molecular weight excluding hydrogens is 290 g/mol. The predicted octanol–water partition coefficient (Wildman–Crippen LogP) is 1.86. The summed E-state index contributed by atoms with van der Waals surface area (Å²) in [6.07, 6.45) is 1.46. The van der Waals surface area contributed by atoms with Crippen LogP contribution in [0, 0.1) is 0 Å². The molecule has 102 valence electrons. The van der Waals surface area contributed by atoms with Crippen LogP contribution in [0.25, 0.3) is 0 Å². The van der Waals surface area contributed by atoms with Crippen molar-refractivity contribution in [1.29, 1.82) is 0 Å². The summed E-state index contributed by atoms with van der Waals surface area (Å²) in [6.45, 7) is 0.0929. The van der Waals surface area contributed by atoms with E-state index in [1.54, 1.807) is 12.1 Å². The summed E-state index contributed by atoms with van der Waals surface area (Å²) in [4.78, 5) is 10.8. The van der Waals surface area contributed by atoms with Gasteiger partial charge in [-0.05, 0) is 18.2 Å². The highest BCUT2D eigenvalue weighted by Gasteiger charge is 2.24. The average molecular weight is 301 g/mol. The van der Waals surface area contributed by atoms with Crippen molar-refractivity contribution in [2.24, 2.45) is 0 Å². The third kappa shape index (κ3) is 2.86. The Balaban J connectivity index is 2.23. The molecule has 0 aliphatic heterocycles. The van der Waals surface area contributed by atoms with Crippen LogP contribution in [0.1, 0.15) is 16.1 Å². The van der Waals surface area contributed by atoms with Crippen molar-refractivity contribution < 1.29 is 22.7 Å². The molecule has 0 amide bonds. The van der Waals surface area contributed by atoms with E-state index in [9.17, 15) is 13.2 Å². The minimum Gasteiger partial charge on any atom is -0.478 e. The van der Waals surface area contributed by atoms with Gasteiger partial charge in [0.1, 0.15) is 9.97 Å². The van der Waals surface area contributed by atoms with E-state index in [4.69, 9.17) is 9.52 Å². The smallest absolute Gasteiger partial charge is 0.336 e. The number of carboxylic acid groups (broad SMARTS) is 1. The molecule has 0 fully saturated rings. The minimum absolute atomic E-state index is 0.000967. The third-order valence-electron chi connectivity index (χ3n) is 2.45. The molecule has 0 aliphatic carbocycles. The summed E-state index contributed by atoms with van der Waals surface area (Å²) >= 11 is 0.885. The van der Waals surface area contributed by atoms with Gasteiger partial charge in [0.05, 0.1) is 18.4 Å². The molecule has 6 nitrogen and oxygen atoms in total. The Bertz CT molecular complexity index is 672. The molecule has 19 heavy (non-hydrogen) atoms. The van der Waals surface area contributed by atoms with Crippen LogP contribution in [0.4, 0.5) is 0 Å². The quantitative estimate of drug-likeness (QED) is 0.910. The Hall–Kier alpha value is -1.64. The van der Waals surface area contributed by atoms with Crippen molar-refractivity contribution in [3.63, 3.8) is 0 Å². The highest BCUT2D eigenvalue weighted by Crippen LogP contribution is 2.24. The van der Waals surface area contributed by atoms with Crippen LogP contribution in [0.15, 0.2) is 38.5 Å². The van der Waals surface area contributed by atoms with E-state index < -0.39 is 16.0 Å². The SMILES string of the molecule is CN(Cc1ccco1)S(=O)(=O)c1cc(C(=O)O)cs1. The zero-order valence-electron chi connectivity index (χ0n) is 9.94. The molecule has 0 aromatic carbocycles. The molecular formula is C11H11NO5S2. The van der Waals surface area contributed by atoms with E-state index >= 15 is 0 Å². The lowest BCUT2D eigenvalue weighted by molar-refractivity contribution is 0.0697. The van der Waals surface area contributed by atoms with Crippen LogP contribution in [0.5, 0.6) is 0 Å². The zero-order valence-corrected chi connectivity index (χ0v) is 11.6. The van der Waals surface area contributed by atoms with Crippen molar-refractivity contribution in [3.05, 3.63) is 41.2 Å². The molecule has 0 bridgehead atoms. The van der Waals surface area contributed by atoms with Gasteiger partial charge in [-0.3, -0.25) is 0 Å². The molecule has 0 atom stereocenters. The molecule has 0 unspecified atom stereocenters. The fourth-order valence-corrected chi connectivity index (χ4v) is 3.92. The molecule has 8 heteroatoms. The number of thiophene rings is 1. The summed E-state index contributed by atoms with van der Waals surface area (Å²) in [5, 5.41) is 10.1. The number of hydrogen-bond acceptors (Lipinski definition) is 5. The van der Waals surface area contributed by atoms with E-state index in [0.29, 0.717) is 5.76 Å². The number of nitrogens with zero attached hydrogens (tertiary/aromatic N) is 1.